The molecule has 9 heteroatoms. The summed E-state index contributed by atoms with van der Waals surface area (Å²) in [5, 5.41) is 13.3. The Bertz CT molecular complexity index is 1230. The second-order valence-electron chi connectivity index (χ2n) is 11.5. The Morgan fingerprint density at radius 1 is 0.818 bits per heavy atom. The SMILES string of the molecule is CCCCCCCCCCCCCCCCOC(=O)c1ccc(Cl)c(NC(=O)C(Nc2ccc(C)cc2C(=N)Cl)C(C)=O)c1. The van der Waals surface area contributed by atoms with Crippen molar-refractivity contribution in [2.24, 2.45) is 0 Å². The van der Waals surface area contributed by atoms with E-state index in [1.54, 1.807) is 18.2 Å². The first-order valence-corrected chi connectivity index (χ1v) is 16.8. The molecule has 0 saturated heterocycles. The lowest BCUT2D eigenvalue weighted by Crippen LogP contribution is -2.40. The molecule has 0 aliphatic rings. The quantitative estimate of drug-likeness (QED) is 0.0511. The molecule has 7 nitrogen and oxygen atoms in total. The normalized spacial score (nSPS) is 11.6. The first-order chi connectivity index (χ1) is 21.1. The Hall–Kier alpha value is -2.90. The molecule has 1 atom stereocenters. The third-order valence-corrected chi connectivity index (χ3v) is 8.10. The van der Waals surface area contributed by atoms with Crippen LogP contribution < -0.4 is 10.6 Å². The summed E-state index contributed by atoms with van der Waals surface area (Å²) >= 11 is 12.2. The van der Waals surface area contributed by atoms with Gasteiger partial charge in [0.25, 0.3) is 5.91 Å². The first kappa shape index (κ1) is 37.3. The van der Waals surface area contributed by atoms with E-state index in [0.29, 0.717) is 17.9 Å². The third kappa shape index (κ3) is 13.8. The van der Waals surface area contributed by atoms with E-state index in [1.807, 2.05) is 6.92 Å². The van der Waals surface area contributed by atoms with Crippen molar-refractivity contribution >= 4 is 57.4 Å². The molecule has 44 heavy (non-hydrogen) atoms. The van der Waals surface area contributed by atoms with Gasteiger partial charge >= 0.3 is 5.97 Å². The van der Waals surface area contributed by atoms with Gasteiger partial charge < -0.3 is 15.4 Å². The number of anilines is 2. The number of halogens is 2. The molecule has 1 unspecified atom stereocenters. The third-order valence-electron chi connectivity index (χ3n) is 7.57. The summed E-state index contributed by atoms with van der Waals surface area (Å²) in [5.41, 5.74) is 2.05. The number of unbranched alkanes of at least 4 members (excludes halogenated alkanes) is 13. The maximum Gasteiger partial charge on any atom is 0.338 e. The van der Waals surface area contributed by atoms with Crippen LogP contribution in [-0.2, 0) is 14.3 Å². The van der Waals surface area contributed by atoms with E-state index in [1.165, 1.54) is 95.8 Å². The van der Waals surface area contributed by atoms with E-state index in [0.717, 1.165) is 24.8 Å². The van der Waals surface area contributed by atoms with Crippen molar-refractivity contribution in [2.75, 3.05) is 17.2 Å². The predicted octanol–water partition coefficient (Wildman–Crippen LogP) is 9.86. The number of Topliss-reactive ketones (excluding diaryl/α,β-unsaturated/α-hetero) is 1. The van der Waals surface area contributed by atoms with Crippen molar-refractivity contribution in [3.05, 3.63) is 58.1 Å². The number of hydrogen-bond donors (Lipinski definition) is 3. The van der Waals surface area contributed by atoms with E-state index < -0.39 is 23.7 Å². The number of aryl methyl sites for hydroxylation is 1. The van der Waals surface area contributed by atoms with Gasteiger partial charge in [0.1, 0.15) is 5.17 Å². The van der Waals surface area contributed by atoms with E-state index in [9.17, 15) is 14.4 Å². The average molecular weight is 647 g/mol. The Labute approximate surface area is 273 Å². The van der Waals surface area contributed by atoms with Gasteiger partial charge in [0.05, 0.1) is 22.9 Å². The topological polar surface area (TPSA) is 108 Å². The molecule has 1 amide bonds. The summed E-state index contributed by atoms with van der Waals surface area (Å²) in [6.45, 7) is 5.71. The number of carbonyl (C=O) groups is 3. The molecule has 0 aliphatic heterocycles. The van der Waals surface area contributed by atoms with Gasteiger partial charge in [0.2, 0.25) is 0 Å². The molecule has 0 heterocycles. The largest absolute Gasteiger partial charge is 0.462 e. The average Bonchev–Trinajstić information content (AvgIpc) is 2.99. The van der Waals surface area contributed by atoms with Gasteiger partial charge in [-0.25, -0.2) is 4.79 Å². The van der Waals surface area contributed by atoms with Gasteiger partial charge in [0, 0.05) is 11.3 Å². The van der Waals surface area contributed by atoms with Crippen molar-refractivity contribution in [2.45, 2.75) is 117 Å². The first-order valence-electron chi connectivity index (χ1n) is 16.0. The molecule has 0 bridgehead atoms. The van der Waals surface area contributed by atoms with E-state index in [4.69, 9.17) is 33.3 Å². The molecule has 0 fully saturated rings. The van der Waals surface area contributed by atoms with Gasteiger partial charge in [-0.1, -0.05) is 125 Å². The van der Waals surface area contributed by atoms with Crippen molar-refractivity contribution in [3.63, 3.8) is 0 Å². The van der Waals surface area contributed by atoms with E-state index in [2.05, 4.69) is 17.6 Å². The van der Waals surface area contributed by atoms with Gasteiger partial charge in [-0.2, -0.15) is 0 Å². The van der Waals surface area contributed by atoms with Gasteiger partial charge in [-0.15, -0.1) is 0 Å². The van der Waals surface area contributed by atoms with Gasteiger partial charge in [-0.3, -0.25) is 15.0 Å². The molecule has 0 spiro atoms. The Morgan fingerprint density at radius 2 is 1.39 bits per heavy atom. The Balaban J connectivity index is 1.76. The molecular formula is C35H49Cl2N3O4. The highest BCUT2D eigenvalue weighted by atomic mass is 35.5. The summed E-state index contributed by atoms with van der Waals surface area (Å²) in [6.07, 6.45) is 17.6. The van der Waals surface area contributed by atoms with Crippen LogP contribution in [0.5, 0.6) is 0 Å². The fraction of sp³-hybridized carbons (Fsp3) is 0.543. The lowest BCUT2D eigenvalue weighted by molar-refractivity contribution is -0.125. The summed E-state index contributed by atoms with van der Waals surface area (Å²) in [4.78, 5) is 38.2. The van der Waals surface area contributed by atoms with Gasteiger partial charge in [0.15, 0.2) is 11.8 Å². The maximum atomic E-state index is 13.1. The molecule has 242 valence electrons. The summed E-state index contributed by atoms with van der Waals surface area (Å²) in [5.74, 6) is -1.62. The van der Waals surface area contributed by atoms with Crippen LogP contribution in [-0.4, -0.2) is 35.5 Å². The van der Waals surface area contributed by atoms with Crippen molar-refractivity contribution in [1.82, 2.24) is 0 Å². The predicted molar refractivity (Wildman–Crippen MR) is 183 cm³/mol. The summed E-state index contributed by atoms with van der Waals surface area (Å²) < 4.78 is 5.45. The monoisotopic (exact) mass is 645 g/mol. The number of rotatable bonds is 22. The minimum Gasteiger partial charge on any atom is -0.462 e. The maximum absolute atomic E-state index is 13.1. The number of nitrogens with one attached hydrogen (secondary N) is 3. The number of esters is 1. The molecule has 0 radical (unpaired) electrons. The standard InChI is InChI=1S/C35H49Cl2N3O4/c1-4-5-6-7-8-9-10-11-12-13-14-15-16-17-22-44-35(43)27-19-20-29(36)31(24-27)40-34(42)32(26(3)41)39-30-21-18-25(2)23-28(30)33(37)38/h18-21,23-24,32,38-39H,4-17,22H2,1-3H3,(H,40,42). The molecule has 2 aromatic carbocycles. The van der Waals surface area contributed by atoms with Crippen molar-refractivity contribution < 1.29 is 19.1 Å². The zero-order chi connectivity index (χ0) is 32.3. The van der Waals surface area contributed by atoms with Crippen LogP contribution >= 0.6 is 23.2 Å². The molecule has 3 N–H and O–H groups in total. The van der Waals surface area contributed by atoms with Crippen LogP contribution in [0.3, 0.4) is 0 Å². The molecule has 0 aromatic heterocycles. The van der Waals surface area contributed by atoms with Crippen LogP contribution in [0.15, 0.2) is 36.4 Å². The van der Waals surface area contributed by atoms with E-state index in [-0.39, 0.29) is 21.4 Å². The van der Waals surface area contributed by atoms with Crippen LogP contribution in [0, 0.1) is 12.3 Å². The van der Waals surface area contributed by atoms with Crippen molar-refractivity contribution in [3.8, 4) is 0 Å². The van der Waals surface area contributed by atoms with E-state index >= 15 is 0 Å². The molecule has 2 aromatic rings. The van der Waals surface area contributed by atoms with Crippen LogP contribution in [0.25, 0.3) is 0 Å². The number of hydrogen-bond acceptors (Lipinski definition) is 6. The Kier molecular flexibility index (Phi) is 17.8. The highest BCUT2D eigenvalue weighted by Crippen LogP contribution is 2.25. The number of ether oxygens (including phenoxy) is 1. The highest BCUT2D eigenvalue weighted by Gasteiger charge is 2.25. The molecule has 0 aliphatic carbocycles. The minimum atomic E-state index is -1.28. The molecule has 2 rings (SSSR count). The fourth-order valence-corrected chi connectivity index (χ4v) is 5.29. The van der Waals surface area contributed by atoms with Crippen LogP contribution in [0.1, 0.15) is 125 Å². The lowest BCUT2D eigenvalue weighted by Gasteiger charge is -2.19. The number of amides is 1. The smallest absolute Gasteiger partial charge is 0.338 e. The molecule has 0 saturated carbocycles. The second-order valence-corrected chi connectivity index (χ2v) is 12.3. The zero-order valence-electron chi connectivity index (χ0n) is 26.5. The summed E-state index contributed by atoms with van der Waals surface area (Å²) in [7, 11) is 0. The number of carbonyl (C=O) groups excluding carboxylic acids is 3. The van der Waals surface area contributed by atoms with Crippen LogP contribution in [0.4, 0.5) is 11.4 Å². The van der Waals surface area contributed by atoms with Crippen LogP contribution in [0.2, 0.25) is 5.02 Å². The highest BCUT2D eigenvalue weighted by molar-refractivity contribution is 6.69. The minimum absolute atomic E-state index is 0.185. The fourth-order valence-electron chi connectivity index (χ4n) is 4.97. The van der Waals surface area contributed by atoms with Gasteiger partial charge in [-0.05, 0) is 50.6 Å². The van der Waals surface area contributed by atoms with Crippen molar-refractivity contribution in [1.29, 1.82) is 5.41 Å². The Morgan fingerprint density at radius 3 is 1.93 bits per heavy atom. The summed E-state index contributed by atoms with van der Waals surface area (Å²) in [6, 6.07) is 8.34. The molecular weight excluding hydrogens is 597 g/mol. The zero-order valence-corrected chi connectivity index (χ0v) is 28.0. The lowest BCUT2D eigenvalue weighted by atomic mass is 10.0. The number of ketones is 1. The number of benzene rings is 2. The second kappa shape index (κ2) is 20.9.